The number of hydrogen-bond donors (Lipinski definition) is 0. The molecule has 1 saturated carbocycles. The standard InChI is InChI=1S/C17H24O5/c1-9-7-11(13(18)20-6)16(4)10(9)8-12-17(5,14(16)19)22-15(2,3)21-12/h7,10-12H,8H2,1-6H3/t10-,11+,12+,16-,17+/m0/s1. The maximum atomic E-state index is 13.3. The molecule has 1 aliphatic heterocycles. The first-order valence-electron chi connectivity index (χ1n) is 7.75. The van der Waals surface area contributed by atoms with Crippen LogP contribution in [0.3, 0.4) is 0 Å². The van der Waals surface area contributed by atoms with E-state index < -0.39 is 22.7 Å². The Morgan fingerprint density at radius 2 is 1.95 bits per heavy atom. The lowest BCUT2D eigenvalue weighted by Crippen LogP contribution is -2.61. The van der Waals surface area contributed by atoms with E-state index in [1.165, 1.54) is 7.11 Å². The van der Waals surface area contributed by atoms with Gasteiger partial charge in [0.25, 0.3) is 0 Å². The van der Waals surface area contributed by atoms with E-state index in [2.05, 4.69) is 0 Å². The average Bonchev–Trinajstić information content (AvgIpc) is 2.83. The number of ether oxygens (including phenoxy) is 3. The summed E-state index contributed by atoms with van der Waals surface area (Å²) in [4.78, 5) is 25.5. The molecule has 3 aliphatic rings. The van der Waals surface area contributed by atoms with Gasteiger partial charge in [-0.1, -0.05) is 18.6 Å². The normalized spacial score (nSPS) is 46.0. The molecule has 1 heterocycles. The van der Waals surface area contributed by atoms with Crippen LogP contribution in [0.25, 0.3) is 0 Å². The number of rotatable bonds is 1. The van der Waals surface area contributed by atoms with Gasteiger partial charge in [-0.2, -0.15) is 0 Å². The molecule has 0 aromatic rings. The van der Waals surface area contributed by atoms with Crippen LogP contribution in [-0.4, -0.2) is 36.4 Å². The van der Waals surface area contributed by atoms with Crippen LogP contribution in [0.2, 0.25) is 0 Å². The molecular formula is C17H24O5. The highest BCUT2D eigenvalue weighted by molar-refractivity contribution is 5.99. The van der Waals surface area contributed by atoms with Crippen molar-refractivity contribution in [2.75, 3.05) is 7.11 Å². The van der Waals surface area contributed by atoms with Crippen molar-refractivity contribution in [3.63, 3.8) is 0 Å². The second kappa shape index (κ2) is 4.42. The quantitative estimate of drug-likeness (QED) is 0.549. The molecular weight excluding hydrogens is 284 g/mol. The summed E-state index contributed by atoms with van der Waals surface area (Å²) in [5.74, 6) is -1.78. The minimum atomic E-state index is -1.01. The van der Waals surface area contributed by atoms with Crippen molar-refractivity contribution >= 4 is 11.8 Å². The first-order valence-corrected chi connectivity index (χ1v) is 7.75. The van der Waals surface area contributed by atoms with Gasteiger partial charge in [0.2, 0.25) is 0 Å². The third-order valence-electron chi connectivity index (χ3n) is 5.69. The van der Waals surface area contributed by atoms with Crippen LogP contribution < -0.4 is 0 Å². The summed E-state index contributed by atoms with van der Waals surface area (Å²) in [5.41, 5.74) is -0.785. The van der Waals surface area contributed by atoms with Crippen molar-refractivity contribution in [1.82, 2.24) is 0 Å². The van der Waals surface area contributed by atoms with E-state index >= 15 is 0 Å². The van der Waals surface area contributed by atoms with Crippen LogP contribution in [-0.2, 0) is 23.8 Å². The molecule has 0 radical (unpaired) electrons. The van der Waals surface area contributed by atoms with Crippen molar-refractivity contribution in [3.8, 4) is 0 Å². The SMILES string of the molecule is COC(=O)[C@H]1C=C(C)[C@@H]2C[C@H]3OC(C)(C)O[C@@]3(C)C(=O)[C@]12C. The Balaban J connectivity index is 2.06. The molecule has 22 heavy (non-hydrogen) atoms. The lowest BCUT2D eigenvalue weighted by Gasteiger charge is -2.47. The van der Waals surface area contributed by atoms with Crippen LogP contribution in [0.15, 0.2) is 11.6 Å². The third kappa shape index (κ3) is 1.78. The van der Waals surface area contributed by atoms with Gasteiger partial charge in [-0.05, 0) is 40.0 Å². The van der Waals surface area contributed by atoms with E-state index in [-0.39, 0.29) is 23.8 Å². The fourth-order valence-electron chi connectivity index (χ4n) is 4.68. The first-order chi connectivity index (χ1) is 10.1. The Hall–Kier alpha value is -1.20. The summed E-state index contributed by atoms with van der Waals surface area (Å²) in [6.45, 7) is 9.27. The highest BCUT2D eigenvalue weighted by Crippen LogP contribution is 2.59. The van der Waals surface area contributed by atoms with Crippen LogP contribution in [0.4, 0.5) is 0 Å². The number of methoxy groups -OCH3 is 1. The molecule has 0 N–H and O–H groups in total. The third-order valence-corrected chi connectivity index (χ3v) is 5.69. The van der Waals surface area contributed by atoms with Crippen molar-refractivity contribution in [3.05, 3.63) is 11.6 Å². The van der Waals surface area contributed by atoms with Crippen LogP contribution in [0.1, 0.15) is 41.0 Å². The zero-order chi connectivity index (χ0) is 16.5. The highest BCUT2D eigenvalue weighted by Gasteiger charge is 2.69. The number of ketones is 1. The number of hydrogen-bond acceptors (Lipinski definition) is 5. The van der Waals surface area contributed by atoms with Crippen LogP contribution in [0.5, 0.6) is 0 Å². The Kier molecular flexibility index (Phi) is 3.15. The summed E-state index contributed by atoms with van der Waals surface area (Å²) in [7, 11) is 1.36. The largest absolute Gasteiger partial charge is 0.469 e. The monoisotopic (exact) mass is 308 g/mol. The zero-order valence-electron chi connectivity index (χ0n) is 14.1. The summed E-state index contributed by atoms with van der Waals surface area (Å²) < 4.78 is 16.9. The van der Waals surface area contributed by atoms with Gasteiger partial charge in [-0.3, -0.25) is 9.59 Å². The number of carbonyl (C=O) groups excluding carboxylic acids is 2. The summed E-state index contributed by atoms with van der Waals surface area (Å²) in [6.07, 6.45) is 2.27. The van der Waals surface area contributed by atoms with Gasteiger partial charge < -0.3 is 14.2 Å². The topological polar surface area (TPSA) is 61.8 Å². The zero-order valence-corrected chi connectivity index (χ0v) is 14.1. The van der Waals surface area contributed by atoms with Gasteiger partial charge in [0.15, 0.2) is 17.2 Å². The molecule has 0 amide bonds. The molecule has 0 bridgehead atoms. The molecule has 0 aromatic carbocycles. The molecule has 2 aliphatic carbocycles. The number of carbonyl (C=O) groups is 2. The van der Waals surface area contributed by atoms with E-state index in [1.54, 1.807) is 6.92 Å². The van der Waals surface area contributed by atoms with E-state index in [4.69, 9.17) is 14.2 Å². The Bertz CT molecular complexity index is 578. The maximum Gasteiger partial charge on any atom is 0.313 e. The number of Topliss-reactive ketones (excluding diaryl/α,β-unsaturated/α-hetero) is 1. The maximum absolute atomic E-state index is 13.3. The predicted octanol–water partition coefficient (Wildman–Crippen LogP) is 2.24. The number of allylic oxidation sites excluding steroid dienone is 1. The lowest BCUT2D eigenvalue weighted by molar-refractivity contribution is -0.179. The van der Waals surface area contributed by atoms with Gasteiger partial charge in [-0.15, -0.1) is 0 Å². The van der Waals surface area contributed by atoms with Gasteiger partial charge >= 0.3 is 5.97 Å². The predicted molar refractivity (Wildman–Crippen MR) is 78.9 cm³/mol. The Morgan fingerprint density at radius 1 is 1.32 bits per heavy atom. The average molecular weight is 308 g/mol. The van der Waals surface area contributed by atoms with Gasteiger partial charge in [0, 0.05) is 0 Å². The Labute approximate surface area is 131 Å². The van der Waals surface area contributed by atoms with Gasteiger partial charge in [0.1, 0.15) is 0 Å². The molecule has 5 heteroatoms. The molecule has 5 nitrogen and oxygen atoms in total. The van der Waals surface area contributed by atoms with Crippen molar-refractivity contribution in [2.24, 2.45) is 17.3 Å². The highest BCUT2D eigenvalue weighted by atomic mass is 16.8. The molecule has 5 atom stereocenters. The number of esters is 1. The summed E-state index contributed by atoms with van der Waals surface area (Å²) in [5, 5.41) is 0. The second-order valence-electron chi connectivity index (χ2n) is 7.53. The molecule has 2 fully saturated rings. The fourth-order valence-corrected chi connectivity index (χ4v) is 4.68. The second-order valence-corrected chi connectivity index (χ2v) is 7.53. The van der Waals surface area contributed by atoms with Crippen LogP contribution >= 0.6 is 0 Å². The summed E-state index contributed by atoms with van der Waals surface area (Å²) >= 11 is 0. The summed E-state index contributed by atoms with van der Waals surface area (Å²) in [6, 6.07) is 0. The van der Waals surface area contributed by atoms with E-state index in [9.17, 15) is 9.59 Å². The first kappa shape index (κ1) is 15.7. The van der Waals surface area contributed by atoms with E-state index in [1.807, 2.05) is 33.8 Å². The minimum absolute atomic E-state index is 0.0142. The molecule has 0 aromatic heterocycles. The van der Waals surface area contributed by atoms with E-state index in [0.29, 0.717) is 6.42 Å². The van der Waals surface area contributed by atoms with Crippen molar-refractivity contribution in [2.45, 2.75) is 58.5 Å². The van der Waals surface area contributed by atoms with Gasteiger partial charge in [0.05, 0.1) is 24.5 Å². The minimum Gasteiger partial charge on any atom is -0.469 e. The number of fused-ring (bicyclic) bond motifs is 2. The molecule has 0 unspecified atom stereocenters. The molecule has 3 rings (SSSR count). The smallest absolute Gasteiger partial charge is 0.313 e. The van der Waals surface area contributed by atoms with Crippen molar-refractivity contribution in [1.29, 1.82) is 0 Å². The Morgan fingerprint density at radius 3 is 2.55 bits per heavy atom. The molecule has 0 spiro atoms. The van der Waals surface area contributed by atoms with Gasteiger partial charge in [-0.25, -0.2) is 0 Å². The fraction of sp³-hybridized carbons (Fsp3) is 0.765. The van der Waals surface area contributed by atoms with E-state index in [0.717, 1.165) is 5.57 Å². The van der Waals surface area contributed by atoms with Crippen molar-refractivity contribution < 1.29 is 23.8 Å². The molecule has 1 saturated heterocycles. The van der Waals surface area contributed by atoms with Crippen LogP contribution in [0, 0.1) is 17.3 Å². The lowest BCUT2D eigenvalue weighted by atomic mass is 9.57. The molecule has 122 valence electrons.